The quantitative estimate of drug-likeness (QED) is 0.784. The van der Waals surface area contributed by atoms with E-state index in [0.717, 1.165) is 16.8 Å². The van der Waals surface area contributed by atoms with Gasteiger partial charge in [0.2, 0.25) is 5.91 Å². The van der Waals surface area contributed by atoms with Crippen molar-refractivity contribution in [3.8, 4) is 0 Å². The van der Waals surface area contributed by atoms with Gasteiger partial charge in [-0.1, -0.05) is 17.7 Å². The smallest absolute Gasteiger partial charge is 0.311 e. The predicted molar refractivity (Wildman–Crippen MR) is 73.0 cm³/mol. The van der Waals surface area contributed by atoms with Crippen molar-refractivity contribution in [2.24, 2.45) is 5.92 Å². The third kappa shape index (κ3) is 2.78. The molecule has 1 heterocycles. The number of ether oxygens (including phenoxy) is 1. The fourth-order valence-electron chi connectivity index (χ4n) is 2.47. The maximum atomic E-state index is 12.0. The molecule has 1 aromatic rings. The van der Waals surface area contributed by atoms with Gasteiger partial charge < -0.3 is 9.64 Å². The summed E-state index contributed by atoms with van der Waals surface area (Å²) < 4.78 is 4.99. The van der Waals surface area contributed by atoms with E-state index in [1.807, 2.05) is 32.0 Å². The molecule has 19 heavy (non-hydrogen) atoms. The Morgan fingerprint density at radius 2 is 2.16 bits per heavy atom. The zero-order valence-corrected chi connectivity index (χ0v) is 11.6. The predicted octanol–water partition coefficient (Wildman–Crippen LogP) is 2.22. The summed E-state index contributed by atoms with van der Waals surface area (Å²) in [4.78, 5) is 25.4. The van der Waals surface area contributed by atoms with E-state index in [-0.39, 0.29) is 24.2 Å². The van der Waals surface area contributed by atoms with Gasteiger partial charge in [0, 0.05) is 18.7 Å². The molecule has 0 saturated carbocycles. The Morgan fingerprint density at radius 1 is 1.42 bits per heavy atom. The lowest BCUT2D eigenvalue weighted by atomic mass is 10.1. The molecule has 0 radical (unpaired) electrons. The maximum Gasteiger partial charge on any atom is 0.311 e. The lowest BCUT2D eigenvalue weighted by Crippen LogP contribution is -2.27. The van der Waals surface area contributed by atoms with Crippen molar-refractivity contribution in [1.82, 2.24) is 0 Å². The van der Waals surface area contributed by atoms with Crippen LogP contribution < -0.4 is 4.90 Å². The van der Waals surface area contributed by atoms with E-state index >= 15 is 0 Å². The first-order valence-corrected chi connectivity index (χ1v) is 6.57. The summed E-state index contributed by atoms with van der Waals surface area (Å²) in [5.41, 5.74) is 3.11. The second kappa shape index (κ2) is 5.43. The number of esters is 1. The van der Waals surface area contributed by atoms with Crippen LogP contribution in [0, 0.1) is 19.8 Å². The van der Waals surface area contributed by atoms with Crippen LogP contribution in [-0.4, -0.2) is 25.0 Å². The number of carbonyl (C=O) groups is 2. The summed E-state index contributed by atoms with van der Waals surface area (Å²) in [5, 5.41) is 0. The zero-order chi connectivity index (χ0) is 14.0. The first-order chi connectivity index (χ1) is 9.02. The molecule has 0 aliphatic carbocycles. The van der Waals surface area contributed by atoms with Crippen LogP contribution in [0.3, 0.4) is 0 Å². The number of anilines is 1. The molecule has 1 aliphatic heterocycles. The molecule has 4 nitrogen and oxygen atoms in total. The van der Waals surface area contributed by atoms with Crippen LogP contribution >= 0.6 is 0 Å². The Labute approximate surface area is 113 Å². The third-order valence-corrected chi connectivity index (χ3v) is 3.39. The van der Waals surface area contributed by atoms with Gasteiger partial charge in [0.25, 0.3) is 0 Å². The highest BCUT2D eigenvalue weighted by atomic mass is 16.5. The van der Waals surface area contributed by atoms with Gasteiger partial charge in [-0.3, -0.25) is 9.59 Å². The number of benzene rings is 1. The summed E-state index contributed by atoms with van der Waals surface area (Å²) in [6.45, 7) is 6.54. The Balaban J connectivity index is 2.18. The Hall–Kier alpha value is -1.84. The fraction of sp³-hybridized carbons (Fsp3) is 0.467. The SMILES string of the molecule is CCOC(=O)[C@H]1CC(=O)N(c2ccc(C)cc2C)C1. The average Bonchev–Trinajstić information content (AvgIpc) is 2.72. The molecule has 1 aromatic carbocycles. The van der Waals surface area contributed by atoms with Gasteiger partial charge in [-0.25, -0.2) is 0 Å². The highest BCUT2D eigenvalue weighted by Gasteiger charge is 2.36. The second-order valence-corrected chi connectivity index (χ2v) is 4.95. The molecular formula is C15H19NO3. The first-order valence-electron chi connectivity index (χ1n) is 6.57. The molecule has 1 aliphatic rings. The minimum atomic E-state index is -0.340. The monoisotopic (exact) mass is 261 g/mol. The van der Waals surface area contributed by atoms with Crippen LogP contribution in [-0.2, 0) is 14.3 Å². The average molecular weight is 261 g/mol. The zero-order valence-electron chi connectivity index (χ0n) is 11.6. The Morgan fingerprint density at radius 3 is 2.79 bits per heavy atom. The van der Waals surface area contributed by atoms with Gasteiger partial charge in [0.1, 0.15) is 0 Å². The lowest BCUT2D eigenvalue weighted by molar-refractivity contribution is -0.147. The normalized spacial score (nSPS) is 18.8. The number of carbonyl (C=O) groups excluding carboxylic acids is 2. The molecule has 1 atom stereocenters. The molecule has 0 N–H and O–H groups in total. The van der Waals surface area contributed by atoms with E-state index in [4.69, 9.17) is 4.74 Å². The van der Waals surface area contributed by atoms with Crippen molar-refractivity contribution in [3.63, 3.8) is 0 Å². The van der Waals surface area contributed by atoms with Crippen molar-refractivity contribution in [2.45, 2.75) is 27.2 Å². The molecule has 0 unspecified atom stereocenters. The molecule has 1 amide bonds. The number of hydrogen-bond acceptors (Lipinski definition) is 3. The topological polar surface area (TPSA) is 46.6 Å². The van der Waals surface area contributed by atoms with E-state index in [1.54, 1.807) is 11.8 Å². The van der Waals surface area contributed by atoms with E-state index < -0.39 is 0 Å². The molecule has 102 valence electrons. The standard InChI is InChI=1S/C15H19NO3/c1-4-19-15(18)12-8-14(17)16(9-12)13-6-5-10(2)7-11(13)3/h5-7,12H,4,8-9H2,1-3H3/t12-/m0/s1. The van der Waals surface area contributed by atoms with Crippen molar-refractivity contribution >= 4 is 17.6 Å². The van der Waals surface area contributed by atoms with Crippen molar-refractivity contribution in [3.05, 3.63) is 29.3 Å². The van der Waals surface area contributed by atoms with E-state index in [0.29, 0.717) is 13.2 Å². The molecular weight excluding hydrogens is 242 g/mol. The van der Waals surface area contributed by atoms with Gasteiger partial charge in [0.15, 0.2) is 0 Å². The largest absolute Gasteiger partial charge is 0.466 e. The van der Waals surface area contributed by atoms with Gasteiger partial charge >= 0.3 is 5.97 Å². The van der Waals surface area contributed by atoms with Crippen molar-refractivity contribution in [1.29, 1.82) is 0 Å². The number of rotatable bonds is 3. The highest BCUT2D eigenvalue weighted by Crippen LogP contribution is 2.28. The van der Waals surface area contributed by atoms with Crippen LogP contribution in [0.1, 0.15) is 24.5 Å². The molecule has 2 rings (SSSR count). The van der Waals surface area contributed by atoms with Gasteiger partial charge in [-0.2, -0.15) is 0 Å². The van der Waals surface area contributed by atoms with E-state index in [2.05, 4.69) is 0 Å². The molecule has 4 heteroatoms. The molecule has 1 saturated heterocycles. The van der Waals surface area contributed by atoms with Crippen LogP contribution in [0.15, 0.2) is 18.2 Å². The minimum Gasteiger partial charge on any atom is -0.466 e. The summed E-state index contributed by atoms with van der Waals surface area (Å²) in [7, 11) is 0. The van der Waals surface area contributed by atoms with Crippen LogP contribution in [0.2, 0.25) is 0 Å². The summed E-state index contributed by atoms with van der Waals surface area (Å²) >= 11 is 0. The van der Waals surface area contributed by atoms with E-state index in [1.165, 1.54) is 0 Å². The number of hydrogen-bond donors (Lipinski definition) is 0. The minimum absolute atomic E-state index is 0.00925. The number of aryl methyl sites for hydroxylation is 2. The van der Waals surface area contributed by atoms with Gasteiger partial charge in [-0.05, 0) is 32.4 Å². The maximum absolute atomic E-state index is 12.0. The molecule has 1 fully saturated rings. The molecule has 0 bridgehead atoms. The van der Waals surface area contributed by atoms with Crippen LogP contribution in [0.25, 0.3) is 0 Å². The first kappa shape index (κ1) is 13.6. The fourth-order valence-corrected chi connectivity index (χ4v) is 2.47. The van der Waals surface area contributed by atoms with E-state index in [9.17, 15) is 9.59 Å². The highest BCUT2D eigenvalue weighted by molar-refractivity contribution is 6.00. The van der Waals surface area contributed by atoms with Gasteiger partial charge in [-0.15, -0.1) is 0 Å². The third-order valence-electron chi connectivity index (χ3n) is 3.39. The summed E-state index contributed by atoms with van der Waals surface area (Å²) in [6, 6.07) is 5.96. The summed E-state index contributed by atoms with van der Waals surface area (Å²) in [5.74, 6) is -0.624. The molecule has 0 spiro atoms. The van der Waals surface area contributed by atoms with Crippen LogP contribution in [0.5, 0.6) is 0 Å². The number of nitrogens with zero attached hydrogens (tertiary/aromatic N) is 1. The molecule has 0 aromatic heterocycles. The number of amides is 1. The lowest BCUT2D eigenvalue weighted by Gasteiger charge is -2.19. The van der Waals surface area contributed by atoms with Gasteiger partial charge in [0.05, 0.1) is 12.5 Å². The van der Waals surface area contributed by atoms with Crippen molar-refractivity contribution in [2.75, 3.05) is 18.1 Å². The second-order valence-electron chi connectivity index (χ2n) is 4.95. The summed E-state index contributed by atoms with van der Waals surface area (Å²) in [6.07, 6.45) is 0.242. The Bertz CT molecular complexity index is 510. The Kier molecular flexibility index (Phi) is 3.88. The van der Waals surface area contributed by atoms with Crippen molar-refractivity contribution < 1.29 is 14.3 Å². The van der Waals surface area contributed by atoms with Crippen LogP contribution in [0.4, 0.5) is 5.69 Å².